The van der Waals surface area contributed by atoms with Gasteiger partial charge in [0.2, 0.25) is 0 Å². The Labute approximate surface area is 163 Å². The van der Waals surface area contributed by atoms with E-state index < -0.39 is 0 Å². The van der Waals surface area contributed by atoms with Crippen LogP contribution >= 0.6 is 11.6 Å². The van der Waals surface area contributed by atoms with E-state index in [1.165, 1.54) is 0 Å². The minimum absolute atomic E-state index is 0.243. The maximum Gasteiger partial charge on any atom is 0.270 e. The molecule has 0 atom stereocenters. The Morgan fingerprint density at radius 1 is 1.04 bits per heavy atom. The van der Waals surface area contributed by atoms with Gasteiger partial charge in [0.15, 0.2) is 0 Å². The third-order valence-electron chi connectivity index (χ3n) is 4.07. The van der Waals surface area contributed by atoms with Crippen molar-refractivity contribution >= 4 is 29.0 Å². The summed E-state index contributed by atoms with van der Waals surface area (Å²) in [6.45, 7) is 6.20. The molecule has 138 valence electrons. The van der Waals surface area contributed by atoms with Gasteiger partial charge in [0, 0.05) is 23.3 Å². The zero-order chi connectivity index (χ0) is 19.4. The maximum atomic E-state index is 12.5. The molecule has 1 heterocycles. The predicted molar refractivity (Wildman–Crippen MR) is 109 cm³/mol. The van der Waals surface area contributed by atoms with Crippen molar-refractivity contribution in [2.45, 2.75) is 27.3 Å². The Kier molecular flexibility index (Phi) is 5.72. The quantitative estimate of drug-likeness (QED) is 0.671. The average Bonchev–Trinajstić information content (AvgIpc) is 2.62. The van der Waals surface area contributed by atoms with E-state index in [-0.39, 0.29) is 5.91 Å². The summed E-state index contributed by atoms with van der Waals surface area (Å²) in [5, 5.41) is 6.75. The van der Waals surface area contributed by atoms with Crippen molar-refractivity contribution in [2.24, 2.45) is 0 Å². The number of carbonyl (C=O) groups is 1. The molecule has 0 saturated carbocycles. The van der Waals surface area contributed by atoms with E-state index in [2.05, 4.69) is 20.6 Å². The summed E-state index contributed by atoms with van der Waals surface area (Å²) < 4.78 is 0. The SMILES string of the molecule is Cc1cccc(CNC(=O)c2cc(Nc3cc(Cl)ccc3C)nc(C)n2)c1. The van der Waals surface area contributed by atoms with Crippen molar-refractivity contribution in [3.05, 3.63) is 81.8 Å². The molecular weight excluding hydrogens is 360 g/mol. The molecule has 0 aliphatic heterocycles. The van der Waals surface area contributed by atoms with Crippen LogP contribution in [0, 0.1) is 20.8 Å². The van der Waals surface area contributed by atoms with Crippen molar-refractivity contribution in [1.29, 1.82) is 0 Å². The number of carbonyl (C=O) groups excluding carboxylic acids is 1. The van der Waals surface area contributed by atoms with Crippen LogP contribution in [-0.2, 0) is 6.54 Å². The average molecular weight is 381 g/mol. The molecule has 1 amide bonds. The number of hydrogen-bond donors (Lipinski definition) is 2. The van der Waals surface area contributed by atoms with Crippen molar-refractivity contribution in [3.63, 3.8) is 0 Å². The highest BCUT2D eigenvalue weighted by atomic mass is 35.5. The van der Waals surface area contributed by atoms with Gasteiger partial charge in [0.1, 0.15) is 17.3 Å². The van der Waals surface area contributed by atoms with Crippen LogP contribution in [0.15, 0.2) is 48.5 Å². The van der Waals surface area contributed by atoms with Gasteiger partial charge in [-0.15, -0.1) is 0 Å². The highest BCUT2D eigenvalue weighted by Gasteiger charge is 2.11. The third-order valence-corrected chi connectivity index (χ3v) is 4.30. The van der Waals surface area contributed by atoms with Gasteiger partial charge in [0.05, 0.1) is 0 Å². The fourth-order valence-electron chi connectivity index (χ4n) is 2.71. The fourth-order valence-corrected chi connectivity index (χ4v) is 2.88. The predicted octanol–water partition coefficient (Wildman–Crippen LogP) is 4.73. The van der Waals surface area contributed by atoms with Gasteiger partial charge in [-0.2, -0.15) is 0 Å². The summed E-state index contributed by atoms with van der Waals surface area (Å²) in [4.78, 5) is 21.2. The number of aryl methyl sites for hydroxylation is 3. The van der Waals surface area contributed by atoms with Crippen molar-refractivity contribution < 1.29 is 4.79 Å². The molecule has 3 aromatic rings. The number of aromatic nitrogens is 2. The minimum Gasteiger partial charge on any atom is -0.347 e. The molecule has 2 aromatic carbocycles. The van der Waals surface area contributed by atoms with Crippen molar-refractivity contribution in [1.82, 2.24) is 15.3 Å². The third kappa shape index (κ3) is 5.05. The molecular formula is C21H21ClN4O. The second kappa shape index (κ2) is 8.18. The van der Waals surface area contributed by atoms with Crippen LogP contribution in [0.5, 0.6) is 0 Å². The molecule has 0 radical (unpaired) electrons. The molecule has 27 heavy (non-hydrogen) atoms. The molecule has 0 spiro atoms. The smallest absolute Gasteiger partial charge is 0.270 e. The van der Waals surface area contributed by atoms with E-state index in [0.717, 1.165) is 22.4 Å². The number of rotatable bonds is 5. The van der Waals surface area contributed by atoms with Gasteiger partial charge in [-0.3, -0.25) is 4.79 Å². The topological polar surface area (TPSA) is 66.9 Å². The molecule has 0 aliphatic rings. The molecule has 0 aliphatic carbocycles. The van der Waals surface area contributed by atoms with E-state index in [0.29, 0.717) is 28.9 Å². The summed E-state index contributed by atoms with van der Waals surface area (Å²) >= 11 is 6.07. The van der Waals surface area contributed by atoms with Gasteiger partial charge in [-0.05, 0) is 44.0 Å². The first-order valence-electron chi connectivity index (χ1n) is 8.63. The summed E-state index contributed by atoms with van der Waals surface area (Å²) in [5.74, 6) is 0.821. The normalized spacial score (nSPS) is 10.5. The minimum atomic E-state index is -0.243. The Bertz CT molecular complexity index is 988. The maximum absolute atomic E-state index is 12.5. The van der Waals surface area contributed by atoms with Gasteiger partial charge < -0.3 is 10.6 Å². The molecule has 0 bridgehead atoms. The molecule has 3 rings (SSSR count). The van der Waals surface area contributed by atoms with E-state index in [4.69, 9.17) is 11.6 Å². The Morgan fingerprint density at radius 2 is 1.85 bits per heavy atom. The van der Waals surface area contributed by atoms with Crippen molar-refractivity contribution in [2.75, 3.05) is 5.32 Å². The number of halogens is 1. The fraction of sp³-hybridized carbons (Fsp3) is 0.190. The molecule has 5 nitrogen and oxygen atoms in total. The van der Waals surface area contributed by atoms with Crippen LogP contribution in [0.25, 0.3) is 0 Å². The zero-order valence-electron chi connectivity index (χ0n) is 15.5. The molecule has 0 saturated heterocycles. The van der Waals surface area contributed by atoms with E-state index in [1.54, 1.807) is 13.0 Å². The number of anilines is 2. The molecule has 2 N–H and O–H groups in total. The lowest BCUT2D eigenvalue weighted by molar-refractivity contribution is 0.0945. The zero-order valence-corrected chi connectivity index (χ0v) is 16.3. The molecule has 6 heteroatoms. The van der Waals surface area contributed by atoms with Gasteiger partial charge >= 0.3 is 0 Å². The van der Waals surface area contributed by atoms with Gasteiger partial charge in [-0.1, -0.05) is 47.5 Å². The molecule has 1 aromatic heterocycles. The Morgan fingerprint density at radius 3 is 2.63 bits per heavy atom. The summed E-state index contributed by atoms with van der Waals surface area (Å²) in [7, 11) is 0. The second-order valence-electron chi connectivity index (χ2n) is 6.44. The lowest BCUT2D eigenvalue weighted by Gasteiger charge is -2.11. The molecule has 0 unspecified atom stereocenters. The van der Waals surface area contributed by atoms with Gasteiger partial charge in [0.25, 0.3) is 5.91 Å². The van der Waals surface area contributed by atoms with Crippen LogP contribution in [0.2, 0.25) is 5.02 Å². The highest BCUT2D eigenvalue weighted by molar-refractivity contribution is 6.30. The Hall–Kier alpha value is -2.92. The van der Waals surface area contributed by atoms with E-state index in [9.17, 15) is 4.79 Å². The number of benzene rings is 2. The van der Waals surface area contributed by atoms with E-state index >= 15 is 0 Å². The summed E-state index contributed by atoms with van der Waals surface area (Å²) in [6.07, 6.45) is 0. The van der Waals surface area contributed by atoms with E-state index in [1.807, 2.05) is 56.3 Å². The Balaban J connectivity index is 1.76. The first-order chi connectivity index (χ1) is 12.9. The first kappa shape index (κ1) is 18.9. The monoisotopic (exact) mass is 380 g/mol. The summed E-state index contributed by atoms with van der Waals surface area (Å²) in [5.41, 5.74) is 4.38. The van der Waals surface area contributed by atoms with Crippen LogP contribution in [0.1, 0.15) is 33.0 Å². The van der Waals surface area contributed by atoms with Crippen LogP contribution in [0.4, 0.5) is 11.5 Å². The van der Waals surface area contributed by atoms with Crippen LogP contribution < -0.4 is 10.6 Å². The second-order valence-corrected chi connectivity index (χ2v) is 6.88. The highest BCUT2D eigenvalue weighted by Crippen LogP contribution is 2.23. The van der Waals surface area contributed by atoms with Crippen LogP contribution in [-0.4, -0.2) is 15.9 Å². The van der Waals surface area contributed by atoms with Gasteiger partial charge in [-0.25, -0.2) is 9.97 Å². The first-order valence-corrected chi connectivity index (χ1v) is 9.01. The van der Waals surface area contributed by atoms with Crippen molar-refractivity contribution in [3.8, 4) is 0 Å². The number of amides is 1. The van der Waals surface area contributed by atoms with Crippen LogP contribution in [0.3, 0.4) is 0 Å². The largest absolute Gasteiger partial charge is 0.347 e. The number of nitrogens with zero attached hydrogens (tertiary/aromatic N) is 2. The molecule has 0 fully saturated rings. The lowest BCUT2D eigenvalue weighted by atomic mass is 10.1. The standard InChI is InChI=1S/C21H21ClN4O/c1-13-5-4-6-16(9-13)12-23-21(27)19-11-20(25-15(3)24-19)26-18-10-17(22)8-7-14(18)2/h4-11H,12H2,1-3H3,(H,23,27)(H,24,25,26). The lowest BCUT2D eigenvalue weighted by Crippen LogP contribution is -2.24. The summed E-state index contributed by atoms with van der Waals surface area (Å²) in [6, 6.07) is 15.2. The number of nitrogens with one attached hydrogen (secondary N) is 2. The number of hydrogen-bond acceptors (Lipinski definition) is 4.